The lowest BCUT2D eigenvalue weighted by atomic mass is 10.2. The van der Waals surface area contributed by atoms with Gasteiger partial charge in [0.2, 0.25) is 10.0 Å². The molecule has 1 atom stereocenters. The Balaban J connectivity index is 2.09. The Morgan fingerprint density at radius 1 is 1.15 bits per heavy atom. The Morgan fingerprint density at radius 3 is 2.44 bits per heavy atom. The molecule has 0 saturated carbocycles. The van der Waals surface area contributed by atoms with Crippen molar-refractivity contribution in [2.24, 2.45) is 0 Å². The summed E-state index contributed by atoms with van der Waals surface area (Å²) >= 11 is 0. The summed E-state index contributed by atoms with van der Waals surface area (Å²) in [5.74, 6) is -0.0452. The number of hydrogen-bond donors (Lipinski definition) is 0. The van der Waals surface area contributed by atoms with Crippen LogP contribution < -0.4 is 4.74 Å². The molecule has 0 bridgehead atoms. The van der Waals surface area contributed by atoms with Gasteiger partial charge in [0.1, 0.15) is 10.6 Å². The Kier molecular flexibility index (Phi) is 5.41. The topological polar surface area (TPSA) is 80.8 Å². The van der Waals surface area contributed by atoms with Gasteiger partial charge in [-0.05, 0) is 30.2 Å². The van der Waals surface area contributed by atoms with Crippen LogP contribution in [0.2, 0.25) is 0 Å². The predicted molar refractivity (Wildman–Crippen MR) is 104 cm³/mol. The summed E-state index contributed by atoms with van der Waals surface area (Å²) in [4.78, 5) is 0.0265. The largest absolute Gasteiger partial charge is 0.495 e. The number of benzene rings is 2. The fraction of sp³-hybridized carbons (Fsp3) is 0.263. The van der Waals surface area contributed by atoms with Crippen molar-refractivity contribution >= 4 is 19.9 Å². The molecule has 27 heavy (non-hydrogen) atoms. The molecular weight excluding hydrogens is 386 g/mol. The maximum Gasteiger partial charge on any atom is 0.247 e. The molecule has 0 unspecified atom stereocenters. The average molecular weight is 408 g/mol. The number of ether oxygens (including phenoxy) is 1. The molecule has 0 N–H and O–H groups in total. The minimum Gasteiger partial charge on any atom is -0.495 e. The van der Waals surface area contributed by atoms with Crippen LogP contribution >= 0.6 is 0 Å². The van der Waals surface area contributed by atoms with Crippen LogP contribution in [-0.2, 0) is 26.4 Å². The molecule has 2 aromatic carbocycles. The number of methoxy groups -OCH3 is 1. The molecular formula is C19H21NO5S2. The summed E-state index contributed by atoms with van der Waals surface area (Å²) in [5, 5.41) is 1.08. The second-order valence-corrected chi connectivity index (χ2v) is 10.2. The summed E-state index contributed by atoms with van der Waals surface area (Å²) in [5.41, 5.74) is 1.54. The highest BCUT2D eigenvalue weighted by Gasteiger charge is 2.37. The fourth-order valence-electron chi connectivity index (χ4n) is 2.99. The van der Waals surface area contributed by atoms with E-state index in [4.69, 9.17) is 4.74 Å². The molecule has 8 heteroatoms. The maximum absolute atomic E-state index is 13.5. The van der Waals surface area contributed by atoms with Crippen molar-refractivity contribution in [1.29, 1.82) is 0 Å². The molecule has 0 aliphatic carbocycles. The van der Waals surface area contributed by atoms with Crippen LogP contribution in [0.5, 0.6) is 5.75 Å². The van der Waals surface area contributed by atoms with E-state index in [0.717, 1.165) is 16.5 Å². The highest BCUT2D eigenvalue weighted by molar-refractivity contribution is 7.94. The van der Waals surface area contributed by atoms with Crippen LogP contribution in [0.4, 0.5) is 0 Å². The van der Waals surface area contributed by atoms with Gasteiger partial charge in [0.15, 0.2) is 9.84 Å². The molecule has 0 spiro atoms. The summed E-state index contributed by atoms with van der Waals surface area (Å²) in [6.07, 6.45) is 1.43. The quantitative estimate of drug-likeness (QED) is 0.735. The lowest BCUT2D eigenvalue weighted by Crippen LogP contribution is -2.40. The summed E-state index contributed by atoms with van der Waals surface area (Å²) < 4.78 is 57.3. The molecule has 0 aromatic heterocycles. The molecule has 2 aromatic rings. The van der Waals surface area contributed by atoms with Crippen molar-refractivity contribution in [2.75, 3.05) is 12.9 Å². The highest BCUT2D eigenvalue weighted by atomic mass is 32.2. The molecule has 144 valence electrons. The van der Waals surface area contributed by atoms with Crippen LogP contribution in [0.15, 0.2) is 64.9 Å². The van der Waals surface area contributed by atoms with E-state index >= 15 is 0 Å². The van der Waals surface area contributed by atoms with Crippen molar-refractivity contribution < 1.29 is 21.6 Å². The number of sulfone groups is 1. The van der Waals surface area contributed by atoms with E-state index < -0.39 is 25.9 Å². The molecule has 0 radical (unpaired) electrons. The van der Waals surface area contributed by atoms with Crippen LogP contribution in [-0.4, -0.2) is 40.0 Å². The van der Waals surface area contributed by atoms with E-state index in [1.54, 1.807) is 25.1 Å². The van der Waals surface area contributed by atoms with E-state index in [2.05, 4.69) is 0 Å². The molecule has 3 rings (SSSR count). The zero-order valence-electron chi connectivity index (χ0n) is 15.1. The van der Waals surface area contributed by atoms with Gasteiger partial charge in [-0.2, -0.15) is 4.31 Å². The van der Waals surface area contributed by atoms with Crippen LogP contribution in [0.25, 0.3) is 0 Å². The second kappa shape index (κ2) is 7.46. The first-order chi connectivity index (χ1) is 12.7. The Labute approximate surface area is 160 Å². The standard InChI is InChI=1S/C19H21NO5S2/c1-15-8-9-18(25-2)19(12-15)27(23,24)20(13-16-6-4-3-5-7-16)17-10-11-26(21,22)14-17/h3-12,17H,13-14H2,1-2H3/t17-/m1/s1. The van der Waals surface area contributed by atoms with Gasteiger partial charge in [-0.15, -0.1) is 0 Å². The average Bonchev–Trinajstić information content (AvgIpc) is 2.99. The van der Waals surface area contributed by atoms with Gasteiger partial charge in [-0.25, -0.2) is 16.8 Å². The fourth-order valence-corrected chi connectivity index (χ4v) is 6.20. The first-order valence-corrected chi connectivity index (χ1v) is 11.5. The molecule has 0 amide bonds. The van der Waals surface area contributed by atoms with E-state index in [0.29, 0.717) is 0 Å². The van der Waals surface area contributed by atoms with E-state index in [1.165, 1.54) is 17.5 Å². The van der Waals surface area contributed by atoms with Gasteiger partial charge in [0, 0.05) is 12.0 Å². The number of sulfonamides is 1. The summed E-state index contributed by atoms with van der Waals surface area (Å²) in [6.45, 7) is 1.85. The van der Waals surface area contributed by atoms with Crippen molar-refractivity contribution in [1.82, 2.24) is 4.31 Å². The Morgan fingerprint density at radius 2 is 1.85 bits per heavy atom. The molecule has 1 aliphatic rings. The third kappa shape index (κ3) is 4.23. The van der Waals surface area contributed by atoms with Crippen molar-refractivity contribution in [2.45, 2.75) is 24.4 Å². The Bertz CT molecular complexity index is 1060. The van der Waals surface area contributed by atoms with Crippen molar-refractivity contribution in [3.63, 3.8) is 0 Å². The monoisotopic (exact) mass is 407 g/mol. The molecule has 0 saturated heterocycles. The number of nitrogens with zero attached hydrogens (tertiary/aromatic N) is 1. The number of rotatable bonds is 6. The minimum atomic E-state index is -4.01. The number of aryl methyl sites for hydroxylation is 1. The SMILES string of the molecule is COc1ccc(C)cc1S(=O)(=O)N(Cc1ccccc1)[C@@H]1C=CS(=O)(=O)C1. The van der Waals surface area contributed by atoms with Crippen LogP contribution in [0.3, 0.4) is 0 Å². The summed E-state index contributed by atoms with van der Waals surface area (Å²) in [6, 6.07) is 13.2. The molecule has 1 aliphatic heterocycles. The Hall–Kier alpha value is -2.16. The van der Waals surface area contributed by atoms with Crippen molar-refractivity contribution in [3.8, 4) is 5.75 Å². The third-order valence-electron chi connectivity index (χ3n) is 4.37. The molecule has 0 fully saturated rings. The van der Waals surface area contributed by atoms with Crippen LogP contribution in [0.1, 0.15) is 11.1 Å². The lowest BCUT2D eigenvalue weighted by Gasteiger charge is -2.27. The second-order valence-electron chi connectivity index (χ2n) is 6.42. The van der Waals surface area contributed by atoms with Gasteiger partial charge < -0.3 is 4.74 Å². The first-order valence-electron chi connectivity index (χ1n) is 8.34. The number of hydrogen-bond acceptors (Lipinski definition) is 5. The van der Waals surface area contributed by atoms with Gasteiger partial charge in [0.25, 0.3) is 0 Å². The predicted octanol–water partition coefficient (Wildman–Crippen LogP) is 2.51. The third-order valence-corrected chi connectivity index (χ3v) is 7.64. The molecule has 1 heterocycles. The van der Waals surface area contributed by atoms with Gasteiger partial charge in [-0.1, -0.05) is 42.5 Å². The minimum absolute atomic E-state index is 0.0265. The highest BCUT2D eigenvalue weighted by Crippen LogP contribution is 2.31. The van der Waals surface area contributed by atoms with Crippen molar-refractivity contribution in [3.05, 3.63) is 71.1 Å². The molecule has 6 nitrogen and oxygen atoms in total. The van der Waals surface area contributed by atoms with Gasteiger partial charge >= 0.3 is 0 Å². The van der Waals surface area contributed by atoms with E-state index in [-0.39, 0.29) is 22.9 Å². The van der Waals surface area contributed by atoms with Crippen LogP contribution in [0, 0.1) is 6.92 Å². The summed E-state index contributed by atoms with van der Waals surface area (Å²) in [7, 11) is -6.01. The van der Waals surface area contributed by atoms with E-state index in [1.807, 2.05) is 30.3 Å². The first kappa shape index (κ1) is 19.6. The maximum atomic E-state index is 13.5. The normalized spacial score (nSPS) is 18.7. The smallest absolute Gasteiger partial charge is 0.247 e. The van der Waals surface area contributed by atoms with Gasteiger partial charge in [-0.3, -0.25) is 0 Å². The van der Waals surface area contributed by atoms with Gasteiger partial charge in [0.05, 0.1) is 18.9 Å². The lowest BCUT2D eigenvalue weighted by molar-refractivity contribution is 0.366. The zero-order chi connectivity index (χ0) is 19.7. The van der Waals surface area contributed by atoms with E-state index in [9.17, 15) is 16.8 Å². The zero-order valence-corrected chi connectivity index (χ0v) is 16.7.